The van der Waals surface area contributed by atoms with E-state index in [0.29, 0.717) is 12.8 Å². The van der Waals surface area contributed by atoms with Crippen molar-refractivity contribution in [1.82, 2.24) is 0 Å². The molecule has 310 valence electrons. The molecule has 0 aliphatic rings. The number of ether oxygens (including phenoxy) is 2. The van der Waals surface area contributed by atoms with Crippen molar-refractivity contribution in [2.45, 2.75) is 193 Å². The highest BCUT2D eigenvalue weighted by molar-refractivity contribution is 7.47. The van der Waals surface area contributed by atoms with E-state index in [9.17, 15) is 29.3 Å². The Labute approximate surface area is 322 Å². The molecule has 0 spiro atoms. The van der Waals surface area contributed by atoms with E-state index in [0.717, 1.165) is 70.6 Å². The first-order valence-corrected chi connectivity index (χ1v) is 22.4. The van der Waals surface area contributed by atoms with Crippen molar-refractivity contribution in [3.05, 3.63) is 36.5 Å². The predicted molar refractivity (Wildman–Crippen MR) is 214 cm³/mol. The molecule has 3 atom stereocenters. The molecule has 0 amide bonds. The molecule has 0 saturated heterocycles. The van der Waals surface area contributed by atoms with Crippen LogP contribution in [0.2, 0.25) is 0 Å². The minimum atomic E-state index is -4.60. The highest BCUT2D eigenvalue weighted by Gasteiger charge is 2.25. The zero-order valence-corrected chi connectivity index (χ0v) is 34.4. The van der Waals surface area contributed by atoms with Crippen molar-refractivity contribution < 1.29 is 47.8 Å². The van der Waals surface area contributed by atoms with Gasteiger partial charge in [-0.15, -0.1) is 0 Å². The summed E-state index contributed by atoms with van der Waals surface area (Å²) in [5.74, 6) is -0.897. The van der Waals surface area contributed by atoms with E-state index in [1.807, 2.05) is 0 Å². The van der Waals surface area contributed by atoms with Gasteiger partial charge in [0.2, 0.25) is 0 Å². The molecule has 0 fully saturated rings. The van der Waals surface area contributed by atoms with Gasteiger partial charge >= 0.3 is 19.8 Å². The van der Waals surface area contributed by atoms with Crippen LogP contribution in [0.4, 0.5) is 0 Å². The summed E-state index contributed by atoms with van der Waals surface area (Å²) in [7, 11) is -4.60. The van der Waals surface area contributed by atoms with Gasteiger partial charge in [0.25, 0.3) is 0 Å². The molecule has 53 heavy (non-hydrogen) atoms. The van der Waals surface area contributed by atoms with Gasteiger partial charge in [0.05, 0.1) is 13.2 Å². The number of hydrogen-bond donors (Lipinski definition) is 3. The molecule has 0 bridgehead atoms. The van der Waals surface area contributed by atoms with E-state index in [2.05, 4.69) is 50.3 Å². The summed E-state index contributed by atoms with van der Waals surface area (Å²) >= 11 is 0. The van der Waals surface area contributed by atoms with Crippen LogP contribution in [0.3, 0.4) is 0 Å². The zero-order chi connectivity index (χ0) is 39.1. The van der Waals surface area contributed by atoms with Crippen LogP contribution in [0.15, 0.2) is 36.5 Å². The lowest BCUT2D eigenvalue weighted by molar-refractivity contribution is -0.147. The summed E-state index contributed by atoms with van der Waals surface area (Å²) in [5.41, 5.74) is 0. The SMILES string of the molecule is CCCCC/C=C\C/C=C\CCCCCCCC(=O)OC[C@@H](O)COP(=O)(O)OC[C@H](O)COC(=O)CCCCCCC/C=C\CCCCCCCC. The van der Waals surface area contributed by atoms with Crippen LogP contribution in [0, 0.1) is 0 Å². The standard InChI is InChI=1S/C42H77O10P/c1-3-5-7-9-11-13-15-17-19-21-23-25-27-29-31-33-41(45)49-35-39(43)37-51-53(47,48)52-38-40(44)36-50-42(46)34-32-30-28-26-24-22-20-18-16-14-12-10-8-6-4-2/h11,13,17-20,39-40,43-44H,3-10,12,14-16,21-38H2,1-2H3,(H,47,48)/b13-11-,19-17-,20-18-/t39-,40-/m1/s1. The normalized spacial score (nSPS) is 14.3. The Kier molecular flexibility index (Phi) is 37.2. The molecule has 0 aromatic rings. The Morgan fingerprint density at radius 3 is 1.23 bits per heavy atom. The van der Waals surface area contributed by atoms with E-state index in [1.54, 1.807) is 0 Å². The first-order chi connectivity index (χ1) is 25.7. The van der Waals surface area contributed by atoms with Crippen molar-refractivity contribution >= 4 is 19.8 Å². The quantitative estimate of drug-likeness (QED) is 0.0238. The summed E-state index contributed by atoms with van der Waals surface area (Å²) < 4.78 is 31.7. The number of carbonyl (C=O) groups is 2. The van der Waals surface area contributed by atoms with E-state index in [4.69, 9.17) is 18.5 Å². The summed E-state index contributed by atoms with van der Waals surface area (Å²) in [4.78, 5) is 33.8. The third kappa shape index (κ3) is 39.7. The van der Waals surface area contributed by atoms with Crippen LogP contribution < -0.4 is 0 Å². The van der Waals surface area contributed by atoms with Crippen molar-refractivity contribution in [2.75, 3.05) is 26.4 Å². The molecular weight excluding hydrogens is 695 g/mol. The largest absolute Gasteiger partial charge is 0.472 e. The van der Waals surface area contributed by atoms with Gasteiger partial charge in [-0.3, -0.25) is 18.6 Å². The van der Waals surface area contributed by atoms with Crippen LogP contribution in [0.25, 0.3) is 0 Å². The molecule has 0 aromatic carbocycles. The Morgan fingerprint density at radius 2 is 0.811 bits per heavy atom. The zero-order valence-electron chi connectivity index (χ0n) is 33.5. The fourth-order valence-corrected chi connectivity index (χ4v) is 6.23. The lowest BCUT2D eigenvalue weighted by Crippen LogP contribution is -2.25. The predicted octanol–water partition coefficient (Wildman–Crippen LogP) is 10.8. The number of allylic oxidation sites excluding steroid dienone is 6. The number of carbonyl (C=O) groups excluding carboxylic acids is 2. The minimum absolute atomic E-state index is 0.236. The maximum Gasteiger partial charge on any atom is 0.472 e. The highest BCUT2D eigenvalue weighted by Crippen LogP contribution is 2.43. The molecule has 3 N–H and O–H groups in total. The van der Waals surface area contributed by atoms with Crippen molar-refractivity contribution in [2.24, 2.45) is 0 Å². The van der Waals surface area contributed by atoms with E-state index >= 15 is 0 Å². The topological polar surface area (TPSA) is 149 Å². The second kappa shape index (κ2) is 38.5. The fourth-order valence-electron chi connectivity index (χ4n) is 5.44. The van der Waals surface area contributed by atoms with Gasteiger partial charge in [-0.1, -0.05) is 134 Å². The average Bonchev–Trinajstić information content (AvgIpc) is 3.14. The summed E-state index contributed by atoms with van der Waals surface area (Å²) in [6.07, 6.45) is 38.4. The summed E-state index contributed by atoms with van der Waals surface area (Å²) in [6.45, 7) is 2.49. The van der Waals surface area contributed by atoms with Crippen LogP contribution >= 0.6 is 7.82 Å². The average molecular weight is 773 g/mol. The third-order valence-corrected chi connectivity index (χ3v) is 9.66. The smallest absolute Gasteiger partial charge is 0.463 e. The molecule has 0 aliphatic carbocycles. The summed E-state index contributed by atoms with van der Waals surface area (Å²) in [5, 5.41) is 20.0. The fraction of sp³-hybridized carbons (Fsp3) is 0.810. The van der Waals surface area contributed by atoms with Crippen LogP contribution in [0.5, 0.6) is 0 Å². The first-order valence-electron chi connectivity index (χ1n) is 20.9. The Bertz CT molecular complexity index is 983. The van der Waals surface area contributed by atoms with Gasteiger partial charge in [0.1, 0.15) is 25.4 Å². The number of unbranched alkanes of at least 4 members (excludes halogenated alkanes) is 19. The minimum Gasteiger partial charge on any atom is -0.463 e. The molecule has 1 unspecified atom stereocenters. The van der Waals surface area contributed by atoms with Crippen LogP contribution in [0.1, 0.15) is 181 Å². The van der Waals surface area contributed by atoms with E-state index in [-0.39, 0.29) is 26.1 Å². The van der Waals surface area contributed by atoms with Gasteiger partial charge in [0, 0.05) is 12.8 Å². The molecule has 0 saturated carbocycles. The van der Waals surface area contributed by atoms with Crippen molar-refractivity contribution in [3.63, 3.8) is 0 Å². The lowest BCUT2D eigenvalue weighted by Gasteiger charge is -2.17. The molecule has 0 aromatic heterocycles. The Balaban J connectivity index is 3.73. The van der Waals surface area contributed by atoms with Gasteiger partial charge in [-0.2, -0.15) is 0 Å². The number of esters is 2. The first kappa shape index (κ1) is 51.2. The van der Waals surface area contributed by atoms with Gasteiger partial charge in [-0.05, 0) is 70.6 Å². The Hall–Kier alpha value is -1.81. The second-order valence-corrected chi connectivity index (χ2v) is 15.5. The maximum absolute atomic E-state index is 12.1. The van der Waals surface area contributed by atoms with Gasteiger partial charge < -0.3 is 24.6 Å². The number of hydrogen-bond acceptors (Lipinski definition) is 9. The number of phosphoric ester groups is 1. The van der Waals surface area contributed by atoms with Crippen molar-refractivity contribution in [3.8, 4) is 0 Å². The van der Waals surface area contributed by atoms with Crippen LogP contribution in [-0.4, -0.2) is 65.7 Å². The summed E-state index contributed by atoms with van der Waals surface area (Å²) in [6, 6.07) is 0. The molecule has 0 radical (unpaired) electrons. The number of phosphoric acid groups is 1. The molecule has 0 rings (SSSR count). The number of rotatable bonds is 39. The third-order valence-electron chi connectivity index (χ3n) is 8.71. The van der Waals surface area contributed by atoms with E-state index < -0.39 is 45.2 Å². The maximum atomic E-state index is 12.1. The van der Waals surface area contributed by atoms with Gasteiger partial charge in [0.15, 0.2) is 0 Å². The Morgan fingerprint density at radius 1 is 0.491 bits per heavy atom. The highest BCUT2D eigenvalue weighted by atomic mass is 31.2. The lowest BCUT2D eigenvalue weighted by atomic mass is 10.1. The second-order valence-electron chi connectivity index (χ2n) is 14.0. The molecule has 0 aliphatic heterocycles. The number of aliphatic hydroxyl groups excluding tert-OH is 2. The molecule has 11 heteroatoms. The molecular formula is C42H77O10P. The monoisotopic (exact) mass is 773 g/mol. The van der Waals surface area contributed by atoms with Gasteiger partial charge in [-0.25, -0.2) is 4.57 Å². The van der Waals surface area contributed by atoms with E-state index in [1.165, 1.54) is 70.6 Å². The molecule has 10 nitrogen and oxygen atoms in total. The van der Waals surface area contributed by atoms with Crippen molar-refractivity contribution in [1.29, 1.82) is 0 Å². The number of aliphatic hydroxyl groups is 2. The van der Waals surface area contributed by atoms with Crippen LogP contribution in [-0.2, 0) is 32.7 Å². The molecule has 0 heterocycles.